The third-order valence-electron chi connectivity index (χ3n) is 5.04. The molecule has 0 spiro atoms. The molecule has 0 saturated carbocycles. The molecule has 2 aromatic carbocycles. The molecule has 2 atom stereocenters. The summed E-state index contributed by atoms with van der Waals surface area (Å²) in [5.74, 6) is -0.0322. The van der Waals surface area contributed by atoms with E-state index in [1.54, 1.807) is 0 Å². The second kappa shape index (κ2) is 4.74. The van der Waals surface area contributed by atoms with E-state index in [4.69, 9.17) is 4.65 Å². The van der Waals surface area contributed by atoms with Crippen molar-refractivity contribution in [3.63, 3.8) is 0 Å². The van der Waals surface area contributed by atoms with Crippen molar-refractivity contribution < 1.29 is 14.3 Å². The van der Waals surface area contributed by atoms with Crippen molar-refractivity contribution in [1.29, 1.82) is 0 Å². The van der Waals surface area contributed by atoms with E-state index in [9.17, 15) is 4.79 Å². The first-order valence-corrected chi connectivity index (χ1v) is 7.67. The molecule has 2 aliphatic rings. The number of hydrogen-bond donors (Lipinski definition) is 1. The molecule has 3 nitrogen and oxygen atoms in total. The summed E-state index contributed by atoms with van der Waals surface area (Å²) in [6, 6.07) is 20.5. The topological polar surface area (TPSA) is 30.7 Å². The van der Waals surface area contributed by atoms with E-state index < -0.39 is 6.48 Å². The van der Waals surface area contributed by atoms with E-state index in [1.165, 1.54) is 4.81 Å². The first-order chi connectivity index (χ1) is 10.3. The Morgan fingerprint density at radius 3 is 2.10 bits per heavy atom. The lowest BCUT2D eigenvalue weighted by Crippen LogP contribution is -3.26. The minimum absolute atomic E-state index is 0.00501. The van der Waals surface area contributed by atoms with Crippen LogP contribution in [0.4, 0.5) is 0 Å². The second-order valence-corrected chi connectivity index (χ2v) is 6.06. The van der Waals surface area contributed by atoms with Gasteiger partial charge in [-0.15, -0.1) is 0 Å². The average Bonchev–Trinajstić information content (AvgIpc) is 3.13. The fourth-order valence-corrected chi connectivity index (χ4v) is 4.16. The molecule has 0 aromatic heterocycles. The largest absolute Gasteiger partial charge is 0.627 e. The van der Waals surface area contributed by atoms with Crippen LogP contribution in [0.1, 0.15) is 12.8 Å². The van der Waals surface area contributed by atoms with Crippen LogP contribution in [0, 0.1) is 0 Å². The molecule has 0 bridgehead atoms. The molecule has 2 heterocycles. The molecule has 2 saturated heterocycles. The minimum Gasteiger partial charge on any atom is -0.627 e. The van der Waals surface area contributed by atoms with Gasteiger partial charge in [-0.1, -0.05) is 71.6 Å². The number of quaternary nitrogens is 1. The van der Waals surface area contributed by atoms with Gasteiger partial charge in [0.1, 0.15) is 6.04 Å². The van der Waals surface area contributed by atoms with E-state index in [2.05, 4.69) is 24.3 Å². The Morgan fingerprint density at radius 2 is 1.52 bits per heavy atom. The van der Waals surface area contributed by atoms with Gasteiger partial charge in [0.25, 0.3) is 0 Å². The average molecular weight is 279 g/mol. The highest BCUT2D eigenvalue weighted by Crippen LogP contribution is 2.16. The van der Waals surface area contributed by atoms with Gasteiger partial charge in [-0.05, 0) is 6.42 Å². The third kappa shape index (κ3) is 1.76. The van der Waals surface area contributed by atoms with Gasteiger partial charge in [-0.3, -0.25) is 4.79 Å². The Kier molecular flexibility index (Phi) is 2.86. The van der Waals surface area contributed by atoms with Crippen molar-refractivity contribution in [2.24, 2.45) is 0 Å². The van der Waals surface area contributed by atoms with E-state index >= 15 is 0 Å². The third-order valence-corrected chi connectivity index (χ3v) is 5.04. The van der Waals surface area contributed by atoms with Crippen LogP contribution in [0.3, 0.4) is 0 Å². The number of carbonyl (C=O) groups excluding carboxylic acids is 1. The molecule has 21 heavy (non-hydrogen) atoms. The predicted molar refractivity (Wildman–Crippen MR) is 82.8 cm³/mol. The highest BCUT2D eigenvalue weighted by atomic mass is 16.5. The summed E-state index contributed by atoms with van der Waals surface area (Å²) >= 11 is 0. The summed E-state index contributed by atoms with van der Waals surface area (Å²) in [7, 11) is 0. The summed E-state index contributed by atoms with van der Waals surface area (Å²) in [6.07, 6.45) is 2.04. The van der Waals surface area contributed by atoms with Crippen LogP contribution >= 0.6 is 0 Å². The fraction of sp³-hybridized carbons (Fsp3) is 0.235. The molecule has 106 valence electrons. The minimum atomic E-state index is -1.50. The van der Waals surface area contributed by atoms with Crippen molar-refractivity contribution in [3.05, 3.63) is 60.7 Å². The van der Waals surface area contributed by atoms with Gasteiger partial charge in [-0.25, -0.2) is 0 Å². The zero-order chi connectivity index (χ0) is 14.3. The normalized spacial score (nSPS) is 26.4. The van der Waals surface area contributed by atoms with Crippen LogP contribution < -0.4 is 15.7 Å². The molecule has 0 aliphatic carbocycles. The maximum atomic E-state index is 12.4. The van der Waals surface area contributed by atoms with E-state index in [-0.39, 0.29) is 12.0 Å². The lowest BCUT2D eigenvalue weighted by atomic mass is 9.41. The fourth-order valence-electron chi connectivity index (χ4n) is 4.16. The highest BCUT2D eigenvalue weighted by Gasteiger charge is 2.57. The number of fused-ring (bicyclic) bond motifs is 1. The molecule has 4 rings (SSSR count). The van der Waals surface area contributed by atoms with Crippen LogP contribution in [0.15, 0.2) is 60.7 Å². The van der Waals surface area contributed by atoms with E-state index in [0.717, 1.165) is 30.3 Å². The molecule has 0 amide bonds. The van der Waals surface area contributed by atoms with Crippen molar-refractivity contribution in [2.75, 3.05) is 6.54 Å². The van der Waals surface area contributed by atoms with Gasteiger partial charge in [0.05, 0.1) is 0 Å². The Labute approximate surface area is 124 Å². The zero-order valence-corrected chi connectivity index (χ0v) is 11.9. The number of nitrogens with one attached hydrogen (secondary N) is 1. The van der Waals surface area contributed by atoms with Crippen LogP contribution in [-0.4, -0.2) is 25.0 Å². The van der Waals surface area contributed by atoms with Crippen LogP contribution in [0.2, 0.25) is 0 Å². The molecule has 2 aromatic rings. The molecule has 0 radical (unpaired) electrons. The van der Waals surface area contributed by atoms with E-state index in [1.807, 2.05) is 36.4 Å². The molecule has 1 unspecified atom stereocenters. The molecular formula is C17H18BNO2. The Hall–Kier alpha value is -2.07. The maximum Gasteiger partial charge on any atom is 0.442 e. The maximum absolute atomic E-state index is 12.4. The smallest absolute Gasteiger partial charge is 0.442 e. The van der Waals surface area contributed by atoms with E-state index in [0.29, 0.717) is 0 Å². The van der Waals surface area contributed by atoms with Gasteiger partial charge < -0.3 is 9.47 Å². The second-order valence-electron chi connectivity index (χ2n) is 6.06. The van der Waals surface area contributed by atoms with Gasteiger partial charge in [-0.2, -0.15) is 0 Å². The molecule has 2 aliphatic heterocycles. The Balaban J connectivity index is 1.94. The SMILES string of the molecule is O=C1O[B-](c2ccccc2)(c2ccccc2)[NH+]2CCC[C@@H]12. The standard InChI is InChI=1S/C17H18BNO2/c20-17-16-12-7-13-19(16)18(21-17,14-8-3-1-4-9-14)15-10-5-2-6-11-15/h1-6,8-11,16,19H,7,12-13H2/t16-/m0/s1. The quantitative estimate of drug-likeness (QED) is 0.775. The van der Waals surface area contributed by atoms with Crippen LogP contribution in [0.5, 0.6) is 0 Å². The first-order valence-electron chi connectivity index (χ1n) is 7.67. The summed E-state index contributed by atoms with van der Waals surface area (Å²) in [4.78, 5) is 13.7. The first kappa shape index (κ1) is 12.7. The number of rotatable bonds is 2. The number of carbonyl (C=O) groups is 1. The summed E-state index contributed by atoms with van der Waals surface area (Å²) in [5, 5.41) is 0. The molecular weight excluding hydrogens is 261 g/mol. The summed E-state index contributed by atoms with van der Waals surface area (Å²) in [6.45, 7) is -0.503. The van der Waals surface area contributed by atoms with Gasteiger partial charge in [0.15, 0.2) is 0 Å². The van der Waals surface area contributed by atoms with Crippen LogP contribution in [-0.2, 0) is 9.45 Å². The number of benzene rings is 2. The van der Waals surface area contributed by atoms with Gasteiger partial charge in [0, 0.05) is 13.0 Å². The molecule has 2 fully saturated rings. The molecule has 1 N–H and O–H groups in total. The van der Waals surface area contributed by atoms with Crippen molar-refractivity contribution in [3.8, 4) is 0 Å². The van der Waals surface area contributed by atoms with Gasteiger partial charge >= 0.3 is 12.5 Å². The van der Waals surface area contributed by atoms with Crippen LogP contribution in [0.25, 0.3) is 0 Å². The highest BCUT2D eigenvalue weighted by molar-refractivity contribution is 6.92. The Morgan fingerprint density at radius 1 is 0.952 bits per heavy atom. The Bertz CT molecular complexity index is 620. The lowest BCUT2D eigenvalue weighted by Gasteiger charge is -2.39. The zero-order valence-electron chi connectivity index (χ0n) is 11.9. The summed E-state index contributed by atoms with van der Waals surface area (Å²) in [5.41, 5.74) is 2.24. The monoisotopic (exact) mass is 279 g/mol. The van der Waals surface area contributed by atoms with Crippen molar-refractivity contribution >= 4 is 23.4 Å². The number of hydrogen-bond acceptors (Lipinski definition) is 2. The molecule has 4 heteroatoms. The lowest BCUT2D eigenvalue weighted by molar-refractivity contribution is -0.794. The predicted octanol–water partition coefficient (Wildman–Crippen LogP) is -0.153. The van der Waals surface area contributed by atoms with Crippen molar-refractivity contribution in [1.82, 2.24) is 0 Å². The van der Waals surface area contributed by atoms with Gasteiger partial charge in [0.2, 0.25) is 0 Å². The van der Waals surface area contributed by atoms with Crippen molar-refractivity contribution in [2.45, 2.75) is 18.9 Å². The summed E-state index contributed by atoms with van der Waals surface area (Å²) < 4.78 is 6.07.